The fourth-order valence-electron chi connectivity index (χ4n) is 4.05. The van der Waals surface area contributed by atoms with E-state index >= 15 is 0 Å². The van der Waals surface area contributed by atoms with Crippen molar-refractivity contribution in [2.45, 2.75) is 45.1 Å². The predicted octanol–water partition coefficient (Wildman–Crippen LogP) is 3.42. The van der Waals surface area contributed by atoms with Gasteiger partial charge in [-0.1, -0.05) is 6.07 Å². The lowest BCUT2D eigenvalue weighted by atomic mass is 10.1. The summed E-state index contributed by atoms with van der Waals surface area (Å²) in [4.78, 5) is 31.3. The number of benzene rings is 1. The Labute approximate surface area is 177 Å². The summed E-state index contributed by atoms with van der Waals surface area (Å²) in [6.07, 6.45) is 3.83. The number of carbonyl (C=O) groups is 1. The number of aryl methyl sites for hydroxylation is 2. The van der Waals surface area contributed by atoms with Crippen LogP contribution >= 0.6 is 11.3 Å². The molecule has 0 aliphatic heterocycles. The van der Waals surface area contributed by atoms with Gasteiger partial charge in [0.25, 0.3) is 5.56 Å². The number of hydrogen-bond donors (Lipinski definition) is 1. The van der Waals surface area contributed by atoms with E-state index in [9.17, 15) is 9.59 Å². The molecule has 1 aromatic carbocycles. The highest BCUT2D eigenvalue weighted by molar-refractivity contribution is 7.18. The Balaban J connectivity index is 1.77. The third-order valence-electron chi connectivity index (χ3n) is 5.49. The zero-order chi connectivity index (χ0) is 21.3. The van der Waals surface area contributed by atoms with E-state index in [1.54, 1.807) is 30.1 Å². The number of rotatable bonds is 8. The van der Waals surface area contributed by atoms with Crippen LogP contribution in [0.5, 0.6) is 11.5 Å². The van der Waals surface area contributed by atoms with E-state index < -0.39 is 5.97 Å². The lowest BCUT2D eigenvalue weighted by Crippen LogP contribution is -2.26. The molecule has 2 aromatic heterocycles. The zero-order valence-electron chi connectivity index (χ0n) is 17.1. The topological polar surface area (TPSA) is 90.7 Å². The monoisotopic (exact) mass is 428 g/mol. The molecule has 1 N–H and O–H groups in total. The summed E-state index contributed by atoms with van der Waals surface area (Å²) in [5.41, 5.74) is 2.02. The van der Waals surface area contributed by atoms with E-state index in [2.05, 4.69) is 0 Å². The summed E-state index contributed by atoms with van der Waals surface area (Å²) in [5.74, 6) is 1.03. The summed E-state index contributed by atoms with van der Waals surface area (Å²) in [6.45, 7) is 0.335. The zero-order valence-corrected chi connectivity index (χ0v) is 17.9. The number of aliphatic carboxylic acids is 1. The van der Waals surface area contributed by atoms with Crippen molar-refractivity contribution in [1.82, 2.24) is 9.55 Å². The average molecular weight is 429 g/mol. The summed E-state index contributed by atoms with van der Waals surface area (Å²) >= 11 is 1.61. The van der Waals surface area contributed by atoms with Gasteiger partial charge in [0, 0.05) is 24.3 Å². The summed E-state index contributed by atoms with van der Waals surface area (Å²) < 4.78 is 12.4. The van der Waals surface area contributed by atoms with Crippen molar-refractivity contribution in [2.24, 2.45) is 0 Å². The maximum atomic E-state index is 13.4. The number of hydrogen-bond acceptors (Lipinski definition) is 6. The third-order valence-corrected chi connectivity index (χ3v) is 6.67. The molecule has 0 radical (unpaired) electrons. The molecule has 0 saturated carbocycles. The van der Waals surface area contributed by atoms with E-state index in [-0.39, 0.29) is 12.0 Å². The van der Waals surface area contributed by atoms with Gasteiger partial charge in [-0.25, -0.2) is 4.98 Å². The van der Waals surface area contributed by atoms with Crippen LogP contribution in [0.15, 0.2) is 23.0 Å². The van der Waals surface area contributed by atoms with E-state index in [1.165, 1.54) is 4.88 Å². The van der Waals surface area contributed by atoms with Crippen molar-refractivity contribution >= 4 is 27.5 Å². The number of methoxy groups -OCH3 is 2. The molecule has 0 amide bonds. The highest BCUT2D eigenvalue weighted by Gasteiger charge is 2.23. The maximum Gasteiger partial charge on any atom is 0.303 e. The third kappa shape index (κ3) is 3.79. The first-order valence-electron chi connectivity index (χ1n) is 9.98. The van der Waals surface area contributed by atoms with Crippen LogP contribution in [0.1, 0.15) is 41.1 Å². The number of carboxylic acid groups (broad SMARTS) is 1. The van der Waals surface area contributed by atoms with Crippen LogP contribution in [0, 0.1) is 0 Å². The van der Waals surface area contributed by atoms with E-state index in [4.69, 9.17) is 19.6 Å². The average Bonchev–Trinajstić information content (AvgIpc) is 3.30. The van der Waals surface area contributed by atoms with Crippen LogP contribution in [0.25, 0.3) is 10.2 Å². The van der Waals surface area contributed by atoms with Crippen LogP contribution in [0.3, 0.4) is 0 Å². The lowest BCUT2D eigenvalue weighted by molar-refractivity contribution is -0.137. The predicted molar refractivity (Wildman–Crippen MR) is 115 cm³/mol. The highest BCUT2D eigenvalue weighted by atomic mass is 32.1. The Bertz CT molecular complexity index is 1160. The highest BCUT2D eigenvalue weighted by Crippen LogP contribution is 2.35. The minimum absolute atomic E-state index is 0.0159. The van der Waals surface area contributed by atoms with E-state index in [0.29, 0.717) is 36.7 Å². The van der Waals surface area contributed by atoms with Crippen molar-refractivity contribution < 1.29 is 19.4 Å². The molecular formula is C22H24N2O5S. The molecule has 30 heavy (non-hydrogen) atoms. The SMILES string of the molecule is COc1ccc(Cc2nc3sc4c(c3c(=O)n2CCCC(=O)O)CCC4)cc1OC. The second-order valence-corrected chi connectivity index (χ2v) is 8.47. The minimum atomic E-state index is -0.866. The molecule has 0 bridgehead atoms. The van der Waals surface area contributed by atoms with Crippen LogP contribution in [0.4, 0.5) is 0 Å². The van der Waals surface area contributed by atoms with Crippen molar-refractivity contribution in [3.8, 4) is 11.5 Å². The quantitative estimate of drug-likeness (QED) is 0.591. The lowest BCUT2D eigenvalue weighted by Gasteiger charge is -2.14. The first-order chi connectivity index (χ1) is 14.5. The molecule has 4 rings (SSSR count). The second kappa shape index (κ2) is 8.47. The Morgan fingerprint density at radius 2 is 2.03 bits per heavy atom. The van der Waals surface area contributed by atoms with Crippen molar-refractivity contribution in [2.75, 3.05) is 14.2 Å². The first-order valence-corrected chi connectivity index (χ1v) is 10.8. The molecule has 0 fully saturated rings. The van der Waals surface area contributed by atoms with E-state index in [1.807, 2.05) is 18.2 Å². The van der Waals surface area contributed by atoms with Crippen LogP contribution in [0.2, 0.25) is 0 Å². The number of thiophene rings is 1. The maximum absolute atomic E-state index is 13.4. The summed E-state index contributed by atoms with van der Waals surface area (Å²) in [6, 6.07) is 5.64. The summed E-state index contributed by atoms with van der Waals surface area (Å²) in [5, 5.41) is 9.73. The first kappa shape index (κ1) is 20.4. The number of carboxylic acids is 1. The Kier molecular flexibility index (Phi) is 5.76. The van der Waals surface area contributed by atoms with Crippen molar-refractivity contribution in [1.29, 1.82) is 0 Å². The molecule has 2 heterocycles. The van der Waals surface area contributed by atoms with Gasteiger partial charge in [-0.05, 0) is 48.9 Å². The van der Waals surface area contributed by atoms with Gasteiger partial charge in [0.2, 0.25) is 0 Å². The van der Waals surface area contributed by atoms with Gasteiger partial charge in [-0.15, -0.1) is 11.3 Å². The standard InChI is InChI=1S/C22H24N2O5S/c1-28-15-9-8-13(11-16(15)29-2)12-18-23-21-20(14-5-3-6-17(14)30-21)22(27)24(18)10-4-7-19(25)26/h8-9,11H,3-7,10,12H2,1-2H3,(H,25,26). The van der Waals surface area contributed by atoms with Gasteiger partial charge in [0.1, 0.15) is 10.7 Å². The fraction of sp³-hybridized carbons (Fsp3) is 0.409. The van der Waals surface area contributed by atoms with Gasteiger partial charge in [0.05, 0.1) is 19.6 Å². The van der Waals surface area contributed by atoms with Gasteiger partial charge in [-0.3, -0.25) is 14.2 Å². The number of fused-ring (bicyclic) bond motifs is 3. The Morgan fingerprint density at radius 3 is 2.77 bits per heavy atom. The molecule has 1 aliphatic rings. The molecule has 7 nitrogen and oxygen atoms in total. The molecule has 8 heteroatoms. The molecule has 1 aliphatic carbocycles. The van der Waals surface area contributed by atoms with E-state index in [0.717, 1.165) is 40.6 Å². The molecule has 3 aromatic rings. The Hall–Kier alpha value is -2.87. The molecular weight excluding hydrogens is 404 g/mol. The fourth-order valence-corrected chi connectivity index (χ4v) is 5.32. The largest absolute Gasteiger partial charge is 0.493 e. The number of ether oxygens (including phenoxy) is 2. The van der Waals surface area contributed by atoms with Gasteiger partial charge in [-0.2, -0.15) is 0 Å². The molecule has 0 atom stereocenters. The molecule has 0 saturated heterocycles. The van der Waals surface area contributed by atoms with Crippen LogP contribution < -0.4 is 15.0 Å². The van der Waals surface area contributed by atoms with Gasteiger partial charge in [0.15, 0.2) is 11.5 Å². The number of nitrogens with zero attached hydrogens (tertiary/aromatic N) is 2. The van der Waals surface area contributed by atoms with Crippen molar-refractivity contribution in [3.05, 3.63) is 50.4 Å². The van der Waals surface area contributed by atoms with Crippen molar-refractivity contribution in [3.63, 3.8) is 0 Å². The summed E-state index contributed by atoms with van der Waals surface area (Å²) in [7, 11) is 3.17. The van der Waals surface area contributed by atoms with Gasteiger partial charge < -0.3 is 14.6 Å². The second-order valence-electron chi connectivity index (χ2n) is 7.39. The molecule has 158 valence electrons. The Morgan fingerprint density at radius 1 is 1.23 bits per heavy atom. The smallest absolute Gasteiger partial charge is 0.303 e. The van der Waals surface area contributed by atoms with Crippen LogP contribution in [-0.2, 0) is 30.6 Å². The normalized spacial score (nSPS) is 12.9. The molecule has 0 unspecified atom stereocenters. The van der Waals surface area contributed by atoms with Gasteiger partial charge >= 0.3 is 5.97 Å². The number of aromatic nitrogens is 2. The minimum Gasteiger partial charge on any atom is -0.493 e. The van der Waals surface area contributed by atoms with Crippen LogP contribution in [-0.4, -0.2) is 34.8 Å². The molecule has 0 spiro atoms.